The van der Waals surface area contributed by atoms with Crippen LogP contribution in [0.2, 0.25) is 0 Å². The lowest BCUT2D eigenvalue weighted by Crippen LogP contribution is -2.32. The number of pyridine rings is 1. The second-order valence-corrected chi connectivity index (χ2v) is 7.06. The Bertz CT molecular complexity index is 523. The van der Waals surface area contributed by atoms with Crippen LogP contribution in [0.3, 0.4) is 0 Å². The summed E-state index contributed by atoms with van der Waals surface area (Å²) in [6.45, 7) is 11.0. The number of likely N-dealkylation sites (tertiary alicyclic amines) is 1. The van der Waals surface area contributed by atoms with Gasteiger partial charge >= 0.3 is 6.09 Å². The number of carbonyl (C=O) groups excluding carboxylic acids is 1. The zero-order valence-corrected chi connectivity index (χ0v) is 14.2. The van der Waals surface area contributed by atoms with Crippen molar-refractivity contribution in [1.29, 1.82) is 0 Å². The standard InChI is InChI=1S/C17H27N3O2/c1-12(2)20-11-7-9-14(20)13-8-6-10-18-15(13)19-16(21)22-17(3,4)5/h6,8,10,12,14H,7,9,11H2,1-5H3,(H,18,19,21). The lowest BCUT2D eigenvalue weighted by atomic mass is 10.0. The molecular weight excluding hydrogens is 278 g/mol. The fraction of sp³-hybridized carbons (Fsp3) is 0.647. The highest BCUT2D eigenvalue weighted by molar-refractivity contribution is 5.84. The maximum absolute atomic E-state index is 12.0. The highest BCUT2D eigenvalue weighted by Gasteiger charge is 2.30. The fourth-order valence-electron chi connectivity index (χ4n) is 2.93. The predicted molar refractivity (Wildman–Crippen MR) is 87.9 cm³/mol. The minimum atomic E-state index is -0.518. The van der Waals surface area contributed by atoms with Gasteiger partial charge in [-0.3, -0.25) is 10.2 Å². The van der Waals surface area contributed by atoms with E-state index in [0.29, 0.717) is 17.9 Å². The van der Waals surface area contributed by atoms with Crippen LogP contribution in [0, 0.1) is 0 Å². The molecule has 22 heavy (non-hydrogen) atoms. The number of rotatable bonds is 3. The SMILES string of the molecule is CC(C)N1CCCC1c1cccnc1NC(=O)OC(C)(C)C. The van der Waals surface area contributed by atoms with Gasteiger partial charge < -0.3 is 4.74 Å². The van der Waals surface area contributed by atoms with Crippen molar-refractivity contribution in [2.24, 2.45) is 0 Å². The van der Waals surface area contributed by atoms with Crippen molar-refractivity contribution in [3.63, 3.8) is 0 Å². The van der Waals surface area contributed by atoms with Crippen LogP contribution in [0.25, 0.3) is 0 Å². The zero-order valence-electron chi connectivity index (χ0n) is 14.2. The lowest BCUT2D eigenvalue weighted by Gasteiger charge is -2.29. The number of amides is 1. The molecule has 1 aliphatic heterocycles. The normalized spacial score (nSPS) is 19.5. The molecule has 0 bridgehead atoms. The van der Waals surface area contributed by atoms with Gasteiger partial charge in [0.05, 0.1) is 0 Å². The maximum Gasteiger partial charge on any atom is 0.413 e. The monoisotopic (exact) mass is 305 g/mol. The Morgan fingerprint density at radius 2 is 2.18 bits per heavy atom. The maximum atomic E-state index is 12.0. The Hall–Kier alpha value is -1.62. The molecule has 1 amide bonds. The van der Waals surface area contributed by atoms with Crippen molar-refractivity contribution in [3.8, 4) is 0 Å². The van der Waals surface area contributed by atoms with Crippen LogP contribution in [-0.2, 0) is 4.74 Å². The third-order valence-electron chi connectivity index (χ3n) is 3.77. The first kappa shape index (κ1) is 16.7. The number of nitrogens with one attached hydrogen (secondary N) is 1. The molecule has 1 N–H and O–H groups in total. The third kappa shape index (κ3) is 4.19. The van der Waals surface area contributed by atoms with E-state index in [1.807, 2.05) is 32.9 Å². The molecule has 1 aromatic rings. The molecule has 5 heteroatoms. The topological polar surface area (TPSA) is 54.5 Å². The van der Waals surface area contributed by atoms with Crippen molar-refractivity contribution < 1.29 is 9.53 Å². The number of anilines is 1. The molecule has 0 radical (unpaired) electrons. The van der Waals surface area contributed by atoms with E-state index in [2.05, 4.69) is 29.0 Å². The molecule has 5 nitrogen and oxygen atoms in total. The number of hydrogen-bond donors (Lipinski definition) is 1. The fourth-order valence-corrected chi connectivity index (χ4v) is 2.93. The Labute approximate surface area is 133 Å². The second-order valence-electron chi connectivity index (χ2n) is 7.06. The molecule has 1 aromatic heterocycles. The highest BCUT2D eigenvalue weighted by atomic mass is 16.6. The molecule has 1 saturated heterocycles. The highest BCUT2D eigenvalue weighted by Crippen LogP contribution is 2.36. The Balaban J connectivity index is 2.18. The average molecular weight is 305 g/mol. The van der Waals surface area contributed by atoms with Crippen molar-refractivity contribution in [1.82, 2.24) is 9.88 Å². The summed E-state index contributed by atoms with van der Waals surface area (Å²) in [4.78, 5) is 18.8. The van der Waals surface area contributed by atoms with Crippen LogP contribution in [-0.4, -0.2) is 34.2 Å². The van der Waals surface area contributed by atoms with E-state index < -0.39 is 11.7 Å². The molecule has 1 fully saturated rings. The van der Waals surface area contributed by atoms with Gasteiger partial charge in [0.15, 0.2) is 0 Å². The Kier molecular flexibility index (Phi) is 5.06. The molecule has 0 saturated carbocycles. The van der Waals surface area contributed by atoms with Crippen LogP contribution in [0.5, 0.6) is 0 Å². The summed E-state index contributed by atoms with van der Waals surface area (Å²) >= 11 is 0. The molecule has 0 spiro atoms. The Morgan fingerprint density at radius 1 is 1.45 bits per heavy atom. The number of carbonyl (C=O) groups is 1. The number of nitrogens with zero attached hydrogens (tertiary/aromatic N) is 2. The molecule has 1 aliphatic rings. The minimum absolute atomic E-state index is 0.304. The number of aromatic nitrogens is 1. The molecule has 2 rings (SSSR count). The summed E-state index contributed by atoms with van der Waals surface area (Å²) in [6, 6.07) is 4.75. The zero-order chi connectivity index (χ0) is 16.3. The minimum Gasteiger partial charge on any atom is -0.444 e. The van der Waals surface area contributed by atoms with Crippen LogP contribution >= 0.6 is 0 Å². The molecule has 0 aromatic carbocycles. The van der Waals surface area contributed by atoms with Gasteiger partial charge in [0.25, 0.3) is 0 Å². The van der Waals surface area contributed by atoms with Gasteiger partial charge in [0.2, 0.25) is 0 Å². The first-order valence-electron chi connectivity index (χ1n) is 7.98. The molecular formula is C17H27N3O2. The van der Waals surface area contributed by atoms with Gasteiger partial charge in [-0.2, -0.15) is 0 Å². The summed E-state index contributed by atoms with van der Waals surface area (Å²) < 4.78 is 5.33. The van der Waals surface area contributed by atoms with Crippen LogP contribution < -0.4 is 5.32 Å². The summed E-state index contributed by atoms with van der Waals surface area (Å²) in [5.41, 5.74) is 0.552. The van der Waals surface area contributed by atoms with Gasteiger partial charge in [0, 0.05) is 23.8 Å². The van der Waals surface area contributed by atoms with Crippen LogP contribution in [0.15, 0.2) is 18.3 Å². The van der Waals surface area contributed by atoms with Crippen molar-refractivity contribution in [3.05, 3.63) is 23.9 Å². The first-order chi connectivity index (χ1) is 10.3. The number of hydrogen-bond acceptors (Lipinski definition) is 4. The summed E-state index contributed by atoms with van der Waals surface area (Å²) in [6.07, 6.45) is 3.50. The van der Waals surface area contributed by atoms with E-state index in [1.54, 1.807) is 6.20 Å². The van der Waals surface area contributed by atoms with Crippen molar-refractivity contribution in [2.45, 2.75) is 65.1 Å². The van der Waals surface area contributed by atoms with Gasteiger partial charge in [-0.15, -0.1) is 0 Å². The van der Waals surface area contributed by atoms with E-state index >= 15 is 0 Å². The van der Waals surface area contributed by atoms with E-state index in [0.717, 1.165) is 18.5 Å². The van der Waals surface area contributed by atoms with E-state index in [9.17, 15) is 4.79 Å². The smallest absolute Gasteiger partial charge is 0.413 e. The number of ether oxygens (including phenoxy) is 1. The average Bonchev–Trinajstić information content (AvgIpc) is 2.86. The van der Waals surface area contributed by atoms with Gasteiger partial charge in [-0.25, -0.2) is 9.78 Å². The van der Waals surface area contributed by atoms with Crippen LogP contribution in [0.4, 0.5) is 10.6 Å². The van der Waals surface area contributed by atoms with Crippen molar-refractivity contribution >= 4 is 11.9 Å². The molecule has 122 valence electrons. The largest absolute Gasteiger partial charge is 0.444 e. The second kappa shape index (κ2) is 6.65. The van der Waals surface area contributed by atoms with E-state index in [1.165, 1.54) is 6.42 Å². The quantitative estimate of drug-likeness (QED) is 0.918. The molecule has 0 aliphatic carbocycles. The van der Waals surface area contributed by atoms with Gasteiger partial charge in [-0.05, 0) is 60.1 Å². The van der Waals surface area contributed by atoms with Gasteiger partial charge in [-0.1, -0.05) is 6.07 Å². The Morgan fingerprint density at radius 3 is 2.82 bits per heavy atom. The summed E-state index contributed by atoms with van der Waals surface area (Å²) in [5, 5.41) is 2.80. The summed E-state index contributed by atoms with van der Waals surface area (Å²) in [5.74, 6) is 0.606. The van der Waals surface area contributed by atoms with Crippen LogP contribution in [0.1, 0.15) is 59.1 Å². The van der Waals surface area contributed by atoms with Crippen molar-refractivity contribution in [2.75, 3.05) is 11.9 Å². The summed E-state index contributed by atoms with van der Waals surface area (Å²) in [7, 11) is 0. The third-order valence-corrected chi connectivity index (χ3v) is 3.77. The lowest BCUT2D eigenvalue weighted by molar-refractivity contribution is 0.0635. The first-order valence-corrected chi connectivity index (χ1v) is 7.98. The molecule has 1 unspecified atom stereocenters. The van der Waals surface area contributed by atoms with E-state index in [4.69, 9.17) is 4.74 Å². The molecule has 2 heterocycles. The molecule has 1 atom stereocenters. The van der Waals surface area contributed by atoms with Gasteiger partial charge in [0.1, 0.15) is 11.4 Å². The van der Waals surface area contributed by atoms with E-state index in [-0.39, 0.29) is 0 Å². The predicted octanol–water partition coefficient (Wildman–Crippen LogP) is 3.97.